The molecule has 0 saturated heterocycles. The summed E-state index contributed by atoms with van der Waals surface area (Å²) in [6, 6.07) is 4.02. The quantitative estimate of drug-likeness (QED) is 0.419. The summed E-state index contributed by atoms with van der Waals surface area (Å²) < 4.78 is 119. The van der Waals surface area contributed by atoms with Gasteiger partial charge in [-0.3, -0.25) is 0 Å². The van der Waals surface area contributed by atoms with E-state index in [4.69, 9.17) is 5.73 Å². The Hall–Kier alpha value is -3.45. The van der Waals surface area contributed by atoms with E-state index < -0.39 is 53.4 Å². The van der Waals surface area contributed by atoms with Gasteiger partial charge in [0.05, 0.1) is 23.4 Å². The van der Waals surface area contributed by atoms with Crippen molar-refractivity contribution in [1.29, 1.82) is 0 Å². The van der Waals surface area contributed by atoms with Crippen LogP contribution in [-0.2, 0) is 25.1 Å². The van der Waals surface area contributed by atoms with Crippen LogP contribution in [0.1, 0.15) is 28.1 Å². The van der Waals surface area contributed by atoms with E-state index in [9.17, 15) is 44.3 Å². The monoisotopic (exact) mass is 484 g/mol. The van der Waals surface area contributed by atoms with Crippen molar-refractivity contribution < 1.29 is 39.5 Å². The molecule has 0 bridgehead atoms. The maximum absolute atomic E-state index is 13.6. The summed E-state index contributed by atoms with van der Waals surface area (Å²) in [5, 5.41) is 3.14. The van der Waals surface area contributed by atoms with E-state index in [0.717, 1.165) is 0 Å². The fraction of sp³-hybridized carbons (Fsp3) is 0.263. The minimum atomic E-state index is -5.37. The van der Waals surface area contributed by atoms with E-state index in [1.165, 1.54) is 18.2 Å². The second kappa shape index (κ2) is 7.85. The molecule has 2 aromatic carbocycles. The molecule has 14 heteroatoms. The molecule has 33 heavy (non-hydrogen) atoms. The van der Waals surface area contributed by atoms with Crippen molar-refractivity contribution in [3.63, 3.8) is 0 Å². The Morgan fingerprint density at radius 2 is 1.39 bits per heavy atom. The number of rotatable bonds is 3. The van der Waals surface area contributed by atoms with Gasteiger partial charge in [0, 0.05) is 5.69 Å². The van der Waals surface area contributed by atoms with Crippen LogP contribution < -0.4 is 11.4 Å². The first-order chi connectivity index (χ1) is 15.0. The summed E-state index contributed by atoms with van der Waals surface area (Å²) in [5.41, 5.74) is 0.197. The van der Waals surface area contributed by atoms with Gasteiger partial charge in [-0.1, -0.05) is 12.1 Å². The standard InChI is InChI=1S/C19H13F9N4O/c1-9-4-10(2-3-14(9)29)8-31-16(33)32(15(30-31)19(26,27)28)13-6-11(17(20,21)22)5-12(7-13)18(23,24)25/h2-7H,8,29H2,1H3. The van der Waals surface area contributed by atoms with E-state index in [2.05, 4.69) is 5.10 Å². The van der Waals surface area contributed by atoms with Crippen LogP contribution in [-0.4, -0.2) is 14.3 Å². The molecule has 0 aliphatic rings. The highest BCUT2D eigenvalue weighted by molar-refractivity contribution is 5.48. The Bertz CT molecular complexity index is 1220. The number of anilines is 1. The molecule has 3 aromatic rings. The average molecular weight is 484 g/mol. The van der Waals surface area contributed by atoms with E-state index in [0.29, 0.717) is 15.9 Å². The third-order valence-corrected chi connectivity index (χ3v) is 4.59. The van der Waals surface area contributed by atoms with Crippen molar-refractivity contribution in [2.24, 2.45) is 0 Å². The average Bonchev–Trinajstić information content (AvgIpc) is 2.99. The molecular formula is C19H13F9N4O. The number of nitrogens with zero attached hydrogens (tertiary/aromatic N) is 3. The first-order valence-electron chi connectivity index (χ1n) is 8.90. The number of hydrogen-bond acceptors (Lipinski definition) is 3. The molecule has 0 saturated carbocycles. The molecule has 1 aromatic heterocycles. The van der Waals surface area contributed by atoms with Gasteiger partial charge in [-0.15, -0.1) is 5.10 Å². The molecule has 3 rings (SSSR count). The molecule has 0 radical (unpaired) electrons. The number of hydrogen-bond donors (Lipinski definition) is 1. The number of halogens is 9. The second-order valence-electron chi connectivity index (χ2n) is 7.05. The molecule has 5 nitrogen and oxygen atoms in total. The maximum atomic E-state index is 13.6. The summed E-state index contributed by atoms with van der Waals surface area (Å²) >= 11 is 0. The van der Waals surface area contributed by atoms with Crippen LogP contribution in [0.15, 0.2) is 41.2 Å². The minimum Gasteiger partial charge on any atom is -0.399 e. The summed E-state index contributed by atoms with van der Waals surface area (Å²) in [4.78, 5) is 12.7. The third-order valence-electron chi connectivity index (χ3n) is 4.59. The molecule has 2 N–H and O–H groups in total. The highest BCUT2D eigenvalue weighted by atomic mass is 19.4. The highest BCUT2D eigenvalue weighted by Gasteiger charge is 2.42. The zero-order chi connectivity index (χ0) is 24.9. The van der Waals surface area contributed by atoms with Crippen molar-refractivity contribution in [3.05, 3.63) is 75.0 Å². The summed E-state index contributed by atoms with van der Waals surface area (Å²) in [5.74, 6) is -1.98. The van der Waals surface area contributed by atoms with E-state index >= 15 is 0 Å². The zero-order valence-corrected chi connectivity index (χ0v) is 16.4. The van der Waals surface area contributed by atoms with Gasteiger partial charge in [0.1, 0.15) is 0 Å². The lowest BCUT2D eigenvalue weighted by Gasteiger charge is -2.15. The van der Waals surface area contributed by atoms with E-state index in [1.807, 2.05) is 0 Å². The molecular weight excluding hydrogens is 471 g/mol. The van der Waals surface area contributed by atoms with Crippen LogP contribution >= 0.6 is 0 Å². The topological polar surface area (TPSA) is 65.8 Å². The molecule has 0 aliphatic carbocycles. The number of aromatic nitrogens is 3. The molecule has 178 valence electrons. The predicted molar refractivity (Wildman–Crippen MR) is 97.5 cm³/mol. The van der Waals surface area contributed by atoms with Crippen molar-refractivity contribution in [2.75, 3.05) is 5.73 Å². The first-order valence-corrected chi connectivity index (χ1v) is 8.90. The van der Waals surface area contributed by atoms with Crippen molar-refractivity contribution >= 4 is 5.69 Å². The summed E-state index contributed by atoms with van der Waals surface area (Å²) in [6.07, 6.45) is -16.0. The Morgan fingerprint density at radius 1 is 0.848 bits per heavy atom. The normalized spacial score (nSPS) is 12.9. The zero-order valence-electron chi connectivity index (χ0n) is 16.4. The van der Waals surface area contributed by atoms with Gasteiger partial charge in [0.25, 0.3) is 0 Å². The molecule has 0 aliphatic heterocycles. The number of aryl methyl sites for hydroxylation is 1. The lowest BCUT2D eigenvalue weighted by atomic mass is 10.1. The fourth-order valence-electron chi connectivity index (χ4n) is 3.00. The highest BCUT2D eigenvalue weighted by Crippen LogP contribution is 2.38. The largest absolute Gasteiger partial charge is 0.452 e. The lowest BCUT2D eigenvalue weighted by Crippen LogP contribution is -2.27. The Kier molecular flexibility index (Phi) is 5.75. The third kappa shape index (κ3) is 4.98. The van der Waals surface area contributed by atoms with Crippen molar-refractivity contribution in [3.8, 4) is 5.69 Å². The molecule has 0 spiro atoms. The number of nitrogens with two attached hydrogens (primary N) is 1. The Labute approximate surface area is 178 Å². The maximum Gasteiger partial charge on any atom is 0.452 e. The van der Waals surface area contributed by atoms with Gasteiger partial charge >= 0.3 is 24.2 Å². The minimum absolute atomic E-state index is 0.0191. The van der Waals surface area contributed by atoms with Gasteiger partial charge in [0.15, 0.2) is 0 Å². The molecule has 1 heterocycles. The van der Waals surface area contributed by atoms with Gasteiger partial charge in [-0.05, 0) is 42.3 Å². The second-order valence-corrected chi connectivity index (χ2v) is 7.05. The van der Waals surface area contributed by atoms with Crippen LogP contribution in [0.4, 0.5) is 45.2 Å². The molecule has 0 atom stereocenters. The summed E-state index contributed by atoms with van der Waals surface area (Å²) in [7, 11) is 0. The Balaban J connectivity index is 2.26. The molecule has 0 fully saturated rings. The van der Waals surface area contributed by atoms with Crippen LogP contribution in [0.3, 0.4) is 0 Å². The Morgan fingerprint density at radius 3 is 1.85 bits per heavy atom. The van der Waals surface area contributed by atoms with Gasteiger partial charge in [0.2, 0.25) is 5.82 Å². The van der Waals surface area contributed by atoms with E-state index in [1.54, 1.807) is 6.92 Å². The van der Waals surface area contributed by atoms with E-state index in [-0.39, 0.29) is 28.3 Å². The lowest BCUT2D eigenvalue weighted by molar-refractivity contribution is -0.146. The smallest absolute Gasteiger partial charge is 0.399 e. The van der Waals surface area contributed by atoms with Crippen molar-refractivity contribution in [1.82, 2.24) is 14.3 Å². The van der Waals surface area contributed by atoms with Crippen molar-refractivity contribution in [2.45, 2.75) is 32.0 Å². The predicted octanol–water partition coefficient (Wildman–Crippen LogP) is 5.03. The molecule has 0 unspecified atom stereocenters. The van der Waals surface area contributed by atoms with Crippen LogP contribution in [0.25, 0.3) is 5.69 Å². The van der Waals surface area contributed by atoms with Gasteiger partial charge in [-0.2, -0.15) is 39.5 Å². The van der Waals surface area contributed by atoms with Gasteiger partial charge in [-0.25, -0.2) is 14.0 Å². The summed E-state index contributed by atoms with van der Waals surface area (Å²) in [6.45, 7) is 1.05. The number of benzene rings is 2. The fourth-order valence-corrected chi connectivity index (χ4v) is 3.00. The van der Waals surface area contributed by atoms with Crippen LogP contribution in [0.5, 0.6) is 0 Å². The molecule has 0 amide bonds. The first kappa shape index (κ1) is 24.2. The van der Waals surface area contributed by atoms with Gasteiger partial charge < -0.3 is 5.73 Å². The number of alkyl halides is 9. The SMILES string of the molecule is Cc1cc(Cn2nc(C(F)(F)F)n(-c3cc(C(F)(F)F)cc(C(F)(F)F)c3)c2=O)ccc1N. The van der Waals surface area contributed by atoms with Crippen LogP contribution in [0, 0.1) is 6.92 Å². The van der Waals surface area contributed by atoms with Crippen LogP contribution in [0.2, 0.25) is 0 Å². The number of nitrogen functional groups attached to an aromatic ring is 1.